The lowest BCUT2D eigenvalue weighted by Gasteiger charge is -2.22. The van der Waals surface area contributed by atoms with Crippen molar-refractivity contribution in [3.8, 4) is 0 Å². The molecule has 1 fully saturated rings. The molecule has 0 spiro atoms. The third-order valence-corrected chi connectivity index (χ3v) is 3.55. The predicted molar refractivity (Wildman–Crippen MR) is 70.4 cm³/mol. The fourth-order valence-electron chi connectivity index (χ4n) is 2.29. The predicted octanol–water partition coefficient (Wildman–Crippen LogP) is 2.73. The smallest absolute Gasteiger partial charge is 0.460 e. The first kappa shape index (κ1) is 17.5. The molecule has 0 saturated heterocycles. The summed E-state index contributed by atoms with van der Waals surface area (Å²) in [7, 11) is 0. The average molecular weight is 307 g/mol. The molecule has 0 radical (unpaired) electrons. The van der Waals surface area contributed by atoms with Gasteiger partial charge in [-0.25, -0.2) is 0 Å². The Bertz CT molecular complexity index is 399. The van der Waals surface area contributed by atoms with Gasteiger partial charge in [0.1, 0.15) is 13.2 Å². The lowest BCUT2D eigenvalue weighted by Crippen LogP contribution is -2.40. The lowest BCUT2D eigenvalue weighted by molar-refractivity contribution is -0.174. The number of hydrogen-bond acceptors (Lipinski definition) is 3. The number of nitrogens with one attached hydrogen (secondary N) is 1. The van der Waals surface area contributed by atoms with E-state index in [4.69, 9.17) is 4.74 Å². The van der Waals surface area contributed by atoms with E-state index in [0.717, 1.165) is 18.4 Å². The van der Waals surface area contributed by atoms with Crippen LogP contribution in [0.25, 0.3) is 0 Å². The van der Waals surface area contributed by atoms with E-state index in [1.54, 1.807) is 6.08 Å². The first-order chi connectivity index (χ1) is 9.80. The summed E-state index contributed by atoms with van der Waals surface area (Å²) in [5.41, 5.74) is 1.14. The first-order valence-corrected chi connectivity index (χ1v) is 6.98. The Labute approximate surface area is 121 Å². The SMILES string of the molecule is C/C(=C\COC(=O)CNC(=O)C(F)(F)F)C1CCCCC1. The highest BCUT2D eigenvalue weighted by molar-refractivity contribution is 5.85. The second-order valence-electron chi connectivity index (χ2n) is 5.15. The van der Waals surface area contributed by atoms with Gasteiger partial charge in [0, 0.05) is 0 Å². The van der Waals surface area contributed by atoms with E-state index in [0.29, 0.717) is 5.92 Å². The van der Waals surface area contributed by atoms with Crippen LogP contribution in [0.5, 0.6) is 0 Å². The minimum Gasteiger partial charge on any atom is -0.460 e. The van der Waals surface area contributed by atoms with Gasteiger partial charge < -0.3 is 10.1 Å². The van der Waals surface area contributed by atoms with Gasteiger partial charge in [0.05, 0.1) is 0 Å². The molecule has 1 rings (SSSR count). The maximum atomic E-state index is 11.9. The van der Waals surface area contributed by atoms with E-state index in [-0.39, 0.29) is 6.61 Å². The molecule has 21 heavy (non-hydrogen) atoms. The van der Waals surface area contributed by atoms with Crippen molar-refractivity contribution in [2.75, 3.05) is 13.2 Å². The molecule has 1 aliphatic carbocycles. The van der Waals surface area contributed by atoms with E-state index in [2.05, 4.69) is 0 Å². The third kappa shape index (κ3) is 6.64. The van der Waals surface area contributed by atoms with Crippen molar-refractivity contribution < 1.29 is 27.5 Å². The maximum absolute atomic E-state index is 11.9. The molecular weight excluding hydrogens is 287 g/mol. The van der Waals surface area contributed by atoms with Gasteiger partial charge in [0.2, 0.25) is 0 Å². The van der Waals surface area contributed by atoms with Crippen molar-refractivity contribution in [1.82, 2.24) is 5.32 Å². The molecule has 0 heterocycles. The molecule has 4 nitrogen and oxygen atoms in total. The van der Waals surface area contributed by atoms with Crippen LogP contribution in [0.15, 0.2) is 11.6 Å². The Balaban J connectivity index is 2.25. The molecule has 1 saturated carbocycles. The van der Waals surface area contributed by atoms with E-state index in [9.17, 15) is 22.8 Å². The number of carbonyl (C=O) groups excluding carboxylic acids is 2. The highest BCUT2D eigenvalue weighted by Crippen LogP contribution is 2.29. The highest BCUT2D eigenvalue weighted by atomic mass is 19.4. The van der Waals surface area contributed by atoms with Crippen LogP contribution in [-0.4, -0.2) is 31.2 Å². The van der Waals surface area contributed by atoms with Gasteiger partial charge in [0.25, 0.3) is 0 Å². The van der Waals surface area contributed by atoms with E-state index < -0.39 is 24.6 Å². The third-order valence-electron chi connectivity index (χ3n) is 3.55. The topological polar surface area (TPSA) is 55.4 Å². The zero-order chi connectivity index (χ0) is 15.9. The van der Waals surface area contributed by atoms with E-state index in [1.807, 2.05) is 6.92 Å². The molecule has 1 aliphatic rings. The first-order valence-electron chi connectivity index (χ1n) is 6.98. The Kier molecular flexibility index (Phi) is 6.71. The van der Waals surface area contributed by atoms with Crippen LogP contribution >= 0.6 is 0 Å². The van der Waals surface area contributed by atoms with Crippen LogP contribution in [0.3, 0.4) is 0 Å². The molecule has 0 bridgehead atoms. The summed E-state index contributed by atoms with van der Waals surface area (Å²) in [6.45, 7) is 1.20. The zero-order valence-electron chi connectivity index (χ0n) is 12.0. The Morgan fingerprint density at radius 2 is 1.86 bits per heavy atom. The molecule has 0 unspecified atom stereocenters. The van der Waals surface area contributed by atoms with Gasteiger partial charge in [-0.1, -0.05) is 24.8 Å². The second-order valence-corrected chi connectivity index (χ2v) is 5.15. The quantitative estimate of drug-likeness (QED) is 0.627. The zero-order valence-corrected chi connectivity index (χ0v) is 12.0. The monoisotopic (exact) mass is 307 g/mol. The van der Waals surface area contributed by atoms with Gasteiger partial charge in [-0.15, -0.1) is 0 Å². The Hall–Kier alpha value is -1.53. The molecule has 0 aromatic rings. The van der Waals surface area contributed by atoms with E-state index >= 15 is 0 Å². The number of halogens is 3. The molecule has 120 valence electrons. The normalized spacial score (nSPS) is 17.4. The van der Waals surface area contributed by atoms with Crippen LogP contribution in [0.4, 0.5) is 13.2 Å². The van der Waals surface area contributed by atoms with Crippen molar-refractivity contribution in [1.29, 1.82) is 0 Å². The van der Waals surface area contributed by atoms with Crippen molar-refractivity contribution >= 4 is 11.9 Å². The number of ether oxygens (including phenoxy) is 1. The summed E-state index contributed by atoms with van der Waals surface area (Å²) in [6, 6.07) is 0. The average Bonchev–Trinajstić information content (AvgIpc) is 2.44. The molecule has 1 amide bonds. The van der Waals surface area contributed by atoms with E-state index in [1.165, 1.54) is 24.6 Å². The van der Waals surface area contributed by atoms with Gasteiger partial charge in [-0.05, 0) is 31.8 Å². The van der Waals surface area contributed by atoms with Crippen molar-refractivity contribution in [2.24, 2.45) is 5.92 Å². The number of rotatable bonds is 5. The van der Waals surface area contributed by atoms with Crippen LogP contribution in [-0.2, 0) is 14.3 Å². The van der Waals surface area contributed by atoms with Gasteiger partial charge in [-0.2, -0.15) is 13.2 Å². The lowest BCUT2D eigenvalue weighted by atomic mass is 9.84. The summed E-state index contributed by atoms with van der Waals surface area (Å²) in [4.78, 5) is 21.7. The van der Waals surface area contributed by atoms with Crippen molar-refractivity contribution in [3.63, 3.8) is 0 Å². The largest absolute Gasteiger partial charge is 0.471 e. The van der Waals surface area contributed by atoms with Crippen LogP contribution in [0.1, 0.15) is 39.0 Å². The molecule has 0 atom stereocenters. The van der Waals surface area contributed by atoms with Crippen molar-refractivity contribution in [3.05, 3.63) is 11.6 Å². The summed E-state index contributed by atoms with van der Waals surface area (Å²) < 4.78 is 40.4. The second kappa shape index (κ2) is 8.05. The molecule has 7 heteroatoms. The van der Waals surface area contributed by atoms with Gasteiger partial charge in [-0.3, -0.25) is 9.59 Å². The Morgan fingerprint density at radius 1 is 1.24 bits per heavy atom. The number of alkyl halides is 3. The number of amides is 1. The summed E-state index contributed by atoms with van der Waals surface area (Å²) in [5, 5.41) is 1.46. The van der Waals surface area contributed by atoms with Gasteiger partial charge in [0.15, 0.2) is 0 Å². The fraction of sp³-hybridized carbons (Fsp3) is 0.714. The van der Waals surface area contributed by atoms with Crippen LogP contribution < -0.4 is 5.32 Å². The number of allylic oxidation sites excluding steroid dienone is 1. The highest BCUT2D eigenvalue weighted by Gasteiger charge is 2.38. The molecule has 0 aliphatic heterocycles. The van der Waals surface area contributed by atoms with Crippen molar-refractivity contribution in [2.45, 2.75) is 45.2 Å². The summed E-state index contributed by atoms with van der Waals surface area (Å²) in [5.74, 6) is -2.53. The minimum absolute atomic E-state index is 0.0169. The summed E-state index contributed by atoms with van der Waals surface area (Å²) in [6.07, 6.45) is 2.67. The minimum atomic E-state index is -4.99. The summed E-state index contributed by atoms with van der Waals surface area (Å²) >= 11 is 0. The fourth-order valence-corrected chi connectivity index (χ4v) is 2.29. The molecule has 1 N–H and O–H groups in total. The molecule has 0 aromatic carbocycles. The number of esters is 1. The van der Waals surface area contributed by atoms with Crippen LogP contribution in [0.2, 0.25) is 0 Å². The molecule has 0 aromatic heterocycles. The standard InChI is InChI=1S/C14H20F3NO3/c1-10(11-5-3-2-4-6-11)7-8-21-12(19)9-18-13(20)14(15,16)17/h7,11H,2-6,8-9H2,1H3,(H,18,20)/b10-7+. The van der Waals surface area contributed by atoms with Gasteiger partial charge >= 0.3 is 18.1 Å². The molecular formula is C14H20F3NO3. The number of carbonyl (C=O) groups is 2. The van der Waals surface area contributed by atoms with Crippen LogP contribution in [0, 0.1) is 5.92 Å². The Morgan fingerprint density at radius 3 is 2.43 bits per heavy atom. The maximum Gasteiger partial charge on any atom is 0.471 e. The number of hydrogen-bond donors (Lipinski definition) is 1.